The number of halogens is 3. The summed E-state index contributed by atoms with van der Waals surface area (Å²) in [6, 6.07) is 4.32. The molecule has 1 heterocycles. The lowest BCUT2D eigenvalue weighted by molar-refractivity contribution is -0.137. The highest BCUT2D eigenvalue weighted by atomic mass is 19.4. The van der Waals surface area contributed by atoms with Crippen LogP contribution in [0, 0.1) is 13.8 Å². The summed E-state index contributed by atoms with van der Waals surface area (Å²) in [4.78, 5) is 31.5. The molecule has 0 spiro atoms. The van der Waals surface area contributed by atoms with Gasteiger partial charge < -0.3 is 0 Å². The molecule has 1 aromatic heterocycles. The van der Waals surface area contributed by atoms with Crippen LogP contribution in [0.3, 0.4) is 0 Å². The van der Waals surface area contributed by atoms with Gasteiger partial charge in [0.2, 0.25) is 5.95 Å². The molecule has 9 heteroatoms. The summed E-state index contributed by atoms with van der Waals surface area (Å²) in [5.74, 6) is -0.823. The maximum Gasteiger partial charge on any atom is 0.416 e. The fourth-order valence-corrected chi connectivity index (χ4v) is 1.90. The number of aryl methyl sites for hydroxylation is 2. The molecule has 0 fully saturated rings. The molecule has 2 aromatic rings. The molecule has 0 aliphatic rings. The molecule has 0 radical (unpaired) electrons. The van der Waals surface area contributed by atoms with Crippen molar-refractivity contribution in [1.29, 1.82) is 0 Å². The van der Waals surface area contributed by atoms with E-state index in [4.69, 9.17) is 0 Å². The third-order valence-corrected chi connectivity index (χ3v) is 2.91. The Kier molecular flexibility index (Phi) is 4.82. The van der Waals surface area contributed by atoms with Gasteiger partial charge in [-0.25, -0.2) is 14.8 Å². The smallest absolute Gasteiger partial charge is 0.276 e. The molecule has 2 rings (SSSR count). The normalized spacial score (nSPS) is 11.0. The summed E-state index contributed by atoms with van der Waals surface area (Å²) in [7, 11) is 0. The molecule has 0 saturated carbocycles. The van der Waals surface area contributed by atoms with Gasteiger partial charge in [0.1, 0.15) is 0 Å². The predicted molar refractivity (Wildman–Crippen MR) is 79.4 cm³/mol. The van der Waals surface area contributed by atoms with Gasteiger partial charge in [-0.1, -0.05) is 0 Å². The van der Waals surface area contributed by atoms with Crippen LogP contribution in [-0.4, -0.2) is 21.9 Å². The van der Waals surface area contributed by atoms with Crippen LogP contribution in [0.1, 0.15) is 27.3 Å². The van der Waals surface area contributed by atoms with Crippen molar-refractivity contribution in [3.8, 4) is 0 Å². The van der Waals surface area contributed by atoms with E-state index < -0.39 is 23.7 Å². The van der Waals surface area contributed by atoms with Crippen molar-refractivity contribution in [2.24, 2.45) is 0 Å². The van der Waals surface area contributed by atoms with E-state index in [-0.39, 0.29) is 11.5 Å². The Balaban J connectivity index is 2.02. The second-order valence-corrected chi connectivity index (χ2v) is 4.96. The topological polar surface area (TPSA) is 84.0 Å². The minimum absolute atomic E-state index is 0.0187. The molecular formula is C15H13F3N4O2. The molecule has 0 aliphatic carbocycles. The largest absolute Gasteiger partial charge is 0.416 e. The van der Waals surface area contributed by atoms with Gasteiger partial charge in [0, 0.05) is 17.0 Å². The first-order valence-corrected chi connectivity index (χ1v) is 6.77. The van der Waals surface area contributed by atoms with Gasteiger partial charge in [-0.05, 0) is 44.2 Å². The fourth-order valence-electron chi connectivity index (χ4n) is 1.90. The van der Waals surface area contributed by atoms with E-state index in [0.29, 0.717) is 11.4 Å². The molecule has 6 nitrogen and oxygen atoms in total. The van der Waals surface area contributed by atoms with Gasteiger partial charge in [0.05, 0.1) is 5.56 Å². The van der Waals surface area contributed by atoms with Gasteiger partial charge in [-0.3, -0.25) is 15.4 Å². The summed E-state index contributed by atoms with van der Waals surface area (Å²) < 4.78 is 37.4. The third-order valence-electron chi connectivity index (χ3n) is 2.91. The average molecular weight is 338 g/mol. The van der Waals surface area contributed by atoms with Crippen molar-refractivity contribution in [2.45, 2.75) is 20.0 Å². The number of alkyl halides is 3. The molecule has 126 valence electrons. The number of rotatable bonds is 2. The highest BCUT2D eigenvalue weighted by Crippen LogP contribution is 2.29. The Morgan fingerprint density at radius 1 is 1.00 bits per heavy atom. The van der Waals surface area contributed by atoms with Crippen LogP contribution >= 0.6 is 0 Å². The predicted octanol–water partition coefficient (Wildman–Crippen LogP) is 3.07. The van der Waals surface area contributed by atoms with Gasteiger partial charge in [-0.2, -0.15) is 13.2 Å². The lowest BCUT2D eigenvalue weighted by atomic mass is 10.1. The molecule has 0 atom stereocenters. The van der Waals surface area contributed by atoms with E-state index in [1.165, 1.54) is 0 Å². The Morgan fingerprint density at radius 2 is 1.54 bits per heavy atom. The summed E-state index contributed by atoms with van der Waals surface area (Å²) in [6.07, 6.45) is -4.49. The molecule has 0 unspecified atom stereocenters. The van der Waals surface area contributed by atoms with Crippen LogP contribution in [0.25, 0.3) is 0 Å². The number of hydrogen-bond acceptors (Lipinski definition) is 4. The summed E-state index contributed by atoms with van der Waals surface area (Å²) in [6.45, 7) is 3.43. The van der Waals surface area contributed by atoms with Crippen LogP contribution in [0.5, 0.6) is 0 Å². The van der Waals surface area contributed by atoms with Crippen LogP contribution < -0.4 is 10.6 Å². The maximum absolute atomic E-state index is 12.5. The number of hydrogen-bond donors (Lipinski definition) is 2. The van der Waals surface area contributed by atoms with Crippen molar-refractivity contribution < 1.29 is 22.8 Å². The van der Waals surface area contributed by atoms with E-state index in [2.05, 4.69) is 15.3 Å². The molecule has 2 N–H and O–H groups in total. The lowest BCUT2D eigenvalue weighted by Crippen LogP contribution is -2.35. The number of anilines is 1. The van der Waals surface area contributed by atoms with E-state index in [0.717, 1.165) is 24.3 Å². The molecular weight excluding hydrogens is 325 g/mol. The number of nitrogens with zero attached hydrogens (tertiary/aromatic N) is 2. The minimum Gasteiger partial charge on any atom is -0.276 e. The first kappa shape index (κ1) is 17.4. The number of benzene rings is 1. The van der Waals surface area contributed by atoms with E-state index in [9.17, 15) is 22.8 Å². The molecule has 0 saturated heterocycles. The number of imide groups is 1. The van der Waals surface area contributed by atoms with Crippen molar-refractivity contribution in [3.63, 3.8) is 0 Å². The minimum atomic E-state index is -4.49. The maximum atomic E-state index is 12.5. The summed E-state index contributed by atoms with van der Waals surface area (Å²) in [5, 5.41) is 4.28. The van der Waals surface area contributed by atoms with Crippen LogP contribution in [-0.2, 0) is 6.18 Å². The molecule has 0 bridgehead atoms. The number of aromatic nitrogens is 2. The lowest BCUT2D eigenvalue weighted by Gasteiger charge is -2.08. The highest BCUT2D eigenvalue weighted by molar-refractivity contribution is 6.07. The second-order valence-electron chi connectivity index (χ2n) is 4.96. The van der Waals surface area contributed by atoms with Gasteiger partial charge in [0.25, 0.3) is 5.91 Å². The second kappa shape index (κ2) is 6.65. The summed E-state index contributed by atoms with van der Waals surface area (Å²) in [5.41, 5.74) is 0.297. The molecule has 1 aromatic carbocycles. The Labute approximate surface area is 135 Å². The highest BCUT2D eigenvalue weighted by Gasteiger charge is 2.30. The Morgan fingerprint density at radius 3 is 2.04 bits per heavy atom. The van der Waals surface area contributed by atoms with Gasteiger partial charge in [-0.15, -0.1) is 0 Å². The van der Waals surface area contributed by atoms with Crippen LogP contribution in [0.2, 0.25) is 0 Å². The first-order chi connectivity index (χ1) is 11.1. The van der Waals surface area contributed by atoms with Gasteiger partial charge in [0.15, 0.2) is 0 Å². The number of carbonyl (C=O) groups is 2. The standard InChI is InChI=1S/C15H13F3N4O2/c1-8-7-9(2)20-13(19-8)22-14(24)21-12(23)10-3-5-11(6-4-10)15(16,17)18/h3-7H,1-2H3,(H2,19,20,21,22,23,24). The van der Waals surface area contributed by atoms with Gasteiger partial charge >= 0.3 is 12.2 Å². The summed E-state index contributed by atoms with van der Waals surface area (Å²) >= 11 is 0. The zero-order chi connectivity index (χ0) is 17.9. The number of carbonyl (C=O) groups excluding carboxylic acids is 2. The average Bonchev–Trinajstić information content (AvgIpc) is 2.45. The van der Waals surface area contributed by atoms with Crippen LogP contribution in [0.15, 0.2) is 30.3 Å². The first-order valence-electron chi connectivity index (χ1n) is 6.77. The quantitative estimate of drug-likeness (QED) is 0.881. The van der Waals surface area contributed by atoms with E-state index in [1.54, 1.807) is 19.9 Å². The van der Waals surface area contributed by atoms with Crippen molar-refractivity contribution in [2.75, 3.05) is 5.32 Å². The molecule has 3 amide bonds. The zero-order valence-electron chi connectivity index (χ0n) is 12.7. The number of urea groups is 1. The van der Waals surface area contributed by atoms with Crippen molar-refractivity contribution >= 4 is 17.9 Å². The monoisotopic (exact) mass is 338 g/mol. The Hall–Kier alpha value is -2.97. The van der Waals surface area contributed by atoms with E-state index >= 15 is 0 Å². The Bertz CT molecular complexity index is 753. The van der Waals surface area contributed by atoms with E-state index in [1.807, 2.05) is 5.32 Å². The zero-order valence-corrected chi connectivity index (χ0v) is 12.7. The molecule has 0 aliphatic heterocycles. The van der Waals surface area contributed by atoms with Crippen LogP contribution in [0.4, 0.5) is 23.9 Å². The number of amides is 3. The SMILES string of the molecule is Cc1cc(C)nc(NC(=O)NC(=O)c2ccc(C(F)(F)F)cc2)n1. The van der Waals surface area contributed by atoms with Crippen molar-refractivity contribution in [1.82, 2.24) is 15.3 Å². The van der Waals surface area contributed by atoms with Crippen molar-refractivity contribution in [3.05, 3.63) is 52.8 Å². The molecule has 24 heavy (non-hydrogen) atoms. The number of nitrogens with one attached hydrogen (secondary N) is 2. The third kappa shape index (κ3) is 4.51. The fraction of sp³-hybridized carbons (Fsp3) is 0.200.